The molecule has 2 aliphatic heterocycles. The molecule has 0 aromatic rings. The molecule has 0 aromatic carbocycles. The lowest BCUT2D eigenvalue weighted by Crippen LogP contribution is -2.54. The summed E-state index contributed by atoms with van der Waals surface area (Å²) in [7, 11) is 3.46. The topological polar surface area (TPSA) is 71.5 Å². The summed E-state index contributed by atoms with van der Waals surface area (Å²) >= 11 is 0. The van der Waals surface area contributed by atoms with E-state index < -0.39 is 0 Å². The van der Waals surface area contributed by atoms with Crippen LogP contribution in [0.2, 0.25) is 0 Å². The van der Waals surface area contributed by atoms with Crippen molar-refractivity contribution in [3.63, 3.8) is 0 Å². The minimum absolute atomic E-state index is 0.0282. The molecule has 0 atom stereocenters. The molecule has 0 saturated carbocycles. The van der Waals surface area contributed by atoms with Crippen molar-refractivity contribution in [3.05, 3.63) is 12.7 Å². The molecule has 2 rings (SSSR count). The lowest BCUT2D eigenvalue weighted by atomic mass is 10.2. The summed E-state index contributed by atoms with van der Waals surface area (Å²) in [4.78, 5) is 36.9. The Labute approximate surface area is 169 Å². The minimum Gasteiger partial charge on any atom is -0.353 e. The Hall–Kier alpha value is -2.09. The molecule has 2 heterocycles. The monoisotopic (exact) mass is 392 g/mol. The van der Waals surface area contributed by atoms with Gasteiger partial charge in [-0.1, -0.05) is 18.9 Å². The van der Waals surface area contributed by atoms with Crippen LogP contribution < -0.4 is 5.32 Å². The van der Waals surface area contributed by atoms with E-state index in [1.54, 1.807) is 25.1 Å². The van der Waals surface area contributed by atoms with Gasteiger partial charge in [-0.15, -0.1) is 6.58 Å². The molecular weight excluding hydrogens is 356 g/mol. The average molecular weight is 393 g/mol. The van der Waals surface area contributed by atoms with E-state index >= 15 is 0 Å². The number of hydrogen-bond acceptors (Lipinski definition) is 4. The van der Waals surface area contributed by atoms with E-state index in [-0.39, 0.29) is 18.4 Å². The molecule has 0 spiro atoms. The zero-order valence-electron chi connectivity index (χ0n) is 17.5. The maximum Gasteiger partial charge on any atom is 0.243 e. The molecule has 2 amide bonds. The number of piperazine rings is 1. The van der Waals surface area contributed by atoms with E-state index in [1.165, 1.54) is 12.8 Å². The number of aliphatic imine (C=N–C) groups is 1. The summed E-state index contributed by atoms with van der Waals surface area (Å²) in [5.41, 5.74) is 0. The average Bonchev–Trinajstić information content (AvgIpc) is 2.98. The Balaban J connectivity index is 1.84. The third-order valence-corrected chi connectivity index (χ3v) is 5.26. The second-order valence-corrected chi connectivity index (χ2v) is 7.66. The van der Waals surface area contributed by atoms with E-state index in [0.29, 0.717) is 13.1 Å². The third kappa shape index (κ3) is 7.14. The Bertz CT molecular complexity index is 547. The molecule has 28 heavy (non-hydrogen) atoms. The van der Waals surface area contributed by atoms with Crippen LogP contribution in [0.15, 0.2) is 17.6 Å². The normalized spacial score (nSPS) is 19.1. The molecule has 0 aliphatic carbocycles. The number of nitrogens with one attached hydrogen (secondary N) is 1. The van der Waals surface area contributed by atoms with E-state index in [4.69, 9.17) is 0 Å². The summed E-state index contributed by atoms with van der Waals surface area (Å²) in [6.45, 7) is 9.97. The largest absolute Gasteiger partial charge is 0.353 e. The predicted molar refractivity (Wildman–Crippen MR) is 112 cm³/mol. The fourth-order valence-electron chi connectivity index (χ4n) is 3.44. The summed E-state index contributed by atoms with van der Waals surface area (Å²) in [6.07, 6.45) is 6.50. The van der Waals surface area contributed by atoms with Crippen molar-refractivity contribution in [1.82, 2.24) is 24.9 Å². The minimum atomic E-state index is -0.0282. The zero-order chi connectivity index (χ0) is 20.4. The van der Waals surface area contributed by atoms with Crippen LogP contribution >= 0.6 is 0 Å². The second kappa shape index (κ2) is 11.7. The fourth-order valence-corrected chi connectivity index (χ4v) is 3.44. The highest BCUT2D eigenvalue weighted by Gasteiger charge is 2.24. The number of guanidine groups is 1. The van der Waals surface area contributed by atoms with Crippen LogP contribution in [0.25, 0.3) is 0 Å². The van der Waals surface area contributed by atoms with Gasteiger partial charge in [0.2, 0.25) is 11.8 Å². The maximum absolute atomic E-state index is 12.6. The summed E-state index contributed by atoms with van der Waals surface area (Å²) in [5, 5.41) is 3.24. The molecule has 2 fully saturated rings. The van der Waals surface area contributed by atoms with E-state index in [1.807, 2.05) is 4.90 Å². The van der Waals surface area contributed by atoms with Crippen LogP contribution in [0.1, 0.15) is 25.7 Å². The van der Waals surface area contributed by atoms with Crippen LogP contribution in [0, 0.1) is 0 Å². The predicted octanol–water partition coefficient (Wildman–Crippen LogP) is 0.226. The van der Waals surface area contributed by atoms with Crippen LogP contribution in [0.5, 0.6) is 0 Å². The van der Waals surface area contributed by atoms with Crippen molar-refractivity contribution < 1.29 is 9.59 Å². The lowest BCUT2D eigenvalue weighted by Gasteiger charge is -2.37. The van der Waals surface area contributed by atoms with E-state index in [9.17, 15) is 9.59 Å². The Kier molecular flexibility index (Phi) is 9.27. The zero-order valence-corrected chi connectivity index (χ0v) is 17.5. The van der Waals surface area contributed by atoms with Gasteiger partial charge in [0.15, 0.2) is 5.96 Å². The number of nitrogens with zero attached hydrogens (tertiary/aromatic N) is 5. The molecule has 0 unspecified atom stereocenters. The van der Waals surface area contributed by atoms with Crippen molar-refractivity contribution in [2.45, 2.75) is 25.7 Å². The van der Waals surface area contributed by atoms with Gasteiger partial charge in [-0.25, -0.2) is 4.99 Å². The molecule has 0 bridgehead atoms. The highest BCUT2D eigenvalue weighted by Crippen LogP contribution is 2.11. The van der Waals surface area contributed by atoms with Gasteiger partial charge in [-0.3, -0.25) is 14.5 Å². The Morgan fingerprint density at radius 2 is 1.64 bits per heavy atom. The van der Waals surface area contributed by atoms with Crippen LogP contribution in [-0.4, -0.2) is 110 Å². The highest BCUT2D eigenvalue weighted by molar-refractivity contribution is 5.85. The van der Waals surface area contributed by atoms with E-state index in [0.717, 1.165) is 58.1 Å². The molecular formula is C20H36N6O2. The molecule has 2 aliphatic rings. The van der Waals surface area contributed by atoms with Gasteiger partial charge in [0.05, 0.1) is 6.54 Å². The molecule has 1 N–H and O–H groups in total. The van der Waals surface area contributed by atoms with E-state index in [2.05, 4.69) is 26.7 Å². The fraction of sp³-hybridized carbons (Fsp3) is 0.750. The van der Waals surface area contributed by atoms with Gasteiger partial charge in [0.25, 0.3) is 0 Å². The van der Waals surface area contributed by atoms with Crippen molar-refractivity contribution in [3.8, 4) is 0 Å². The molecule has 0 radical (unpaired) electrons. The number of rotatable bonds is 6. The molecule has 2 saturated heterocycles. The van der Waals surface area contributed by atoms with Crippen LogP contribution in [0.3, 0.4) is 0 Å². The van der Waals surface area contributed by atoms with Crippen molar-refractivity contribution in [1.29, 1.82) is 0 Å². The maximum atomic E-state index is 12.6. The smallest absolute Gasteiger partial charge is 0.243 e. The molecule has 158 valence electrons. The first-order chi connectivity index (χ1) is 13.5. The van der Waals surface area contributed by atoms with Gasteiger partial charge in [-0.2, -0.15) is 0 Å². The molecule has 0 aromatic heterocycles. The van der Waals surface area contributed by atoms with Gasteiger partial charge in [0, 0.05) is 59.9 Å². The quantitative estimate of drug-likeness (QED) is 0.398. The van der Waals surface area contributed by atoms with Crippen LogP contribution in [0.4, 0.5) is 0 Å². The first-order valence-corrected chi connectivity index (χ1v) is 10.4. The number of likely N-dealkylation sites (tertiary alicyclic amines) is 1. The standard InChI is InChI=1S/C20H36N6O2/c1-4-9-21-20(22-16-18(27)23(2)3)26-14-12-24(13-15-26)17-19(28)25-10-7-5-6-8-11-25/h4H,1,5-17H2,2-3H3,(H,21,22). The van der Waals surface area contributed by atoms with Gasteiger partial charge >= 0.3 is 0 Å². The molecule has 8 nitrogen and oxygen atoms in total. The molecule has 8 heteroatoms. The number of carbonyl (C=O) groups excluding carboxylic acids is 2. The number of carbonyl (C=O) groups is 2. The Morgan fingerprint density at radius 3 is 2.21 bits per heavy atom. The summed E-state index contributed by atoms with van der Waals surface area (Å²) < 4.78 is 0. The highest BCUT2D eigenvalue weighted by atomic mass is 16.2. The van der Waals surface area contributed by atoms with Gasteiger partial charge < -0.3 is 20.0 Å². The lowest BCUT2D eigenvalue weighted by molar-refractivity contribution is -0.132. The summed E-state index contributed by atoms with van der Waals surface area (Å²) in [5.74, 6) is 0.957. The summed E-state index contributed by atoms with van der Waals surface area (Å²) in [6, 6.07) is 0. The van der Waals surface area contributed by atoms with Gasteiger partial charge in [0.1, 0.15) is 6.54 Å². The van der Waals surface area contributed by atoms with Crippen LogP contribution in [-0.2, 0) is 9.59 Å². The van der Waals surface area contributed by atoms with Crippen molar-refractivity contribution in [2.75, 3.05) is 73.0 Å². The SMILES string of the molecule is C=CCNC(=NCC(=O)N(C)C)N1CCN(CC(=O)N2CCCCCC2)CC1. The first-order valence-electron chi connectivity index (χ1n) is 10.4. The van der Waals surface area contributed by atoms with Crippen molar-refractivity contribution >= 4 is 17.8 Å². The number of hydrogen-bond donors (Lipinski definition) is 1. The Morgan fingerprint density at radius 1 is 1.00 bits per heavy atom. The number of amides is 2. The van der Waals surface area contributed by atoms with Crippen molar-refractivity contribution in [2.24, 2.45) is 4.99 Å². The van der Waals surface area contributed by atoms with Gasteiger partial charge in [-0.05, 0) is 12.8 Å². The first kappa shape index (κ1) is 22.2. The second-order valence-electron chi connectivity index (χ2n) is 7.66. The number of likely N-dealkylation sites (N-methyl/N-ethyl adjacent to an activating group) is 1. The third-order valence-electron chi connectivity index (χ3n) is 5.26.